The summed E-state index contributed by atoms with van der Waals surface area (Å²) in [5.41, 5.74) is 1.55. The number of hydrogen-bond acceptors (Lipinski definition) is 3. The van der Waals surface area contributed by atoms with Crippen molar-refractivity contribution in [2.45, 2.75) is 18.7 Å². The zero-order chi connectivity index (χ0) is 16.9. The van der Waals surface area contributed by atoms with E-state index in [2.05, 4.69) is 9.08 Å². The fourth-order valence-corrected chi connectivity index (χ4v) is 3.41. The number of amides is 1. The summed E-state index contributed by atoms with van der Waals surface area (Å²) >= 11 is 5.85. The van der Waals surface area contributed by atoms with Crippen LogP contribution in [0.25, 0.3) is 0 Å². The fourth-order valence-electron chi connectivity index (χ4n) is 1.79. The van der Waals surface area contributed by atoms with Crippen LogP contribution in [-0.4, -0.2) is 16.9 Å². The molecule has 122 valence electrons. The Bertz CT molecular complexity index is 795. The number of halogens is 1. The summed E-state index contributed by atoms with van der Waals surface area (Å²) in [4.78, 5) is 12.1. The Kier molecular flexibility index (Phi) is 5.63. The number of carbonyl (C=O) groups excluding carboxylic acids is 1. The Balaban J connectivity index is 2.46. The molecule has 0 fully saturated rings. The van der Waals surface area contributed by atoms with Gasteiger partial charge < -0.3 is 4.74 Å². The molecule has 1 atom stereocenters. The number of carbonyl (C=O) groups is 1. The van der Waals surface area contributed by atoms with Gasteiger partial charge in [0.25, 0.3) is 0 Å². The van der Waals surface area contributed by atoms with Gasteiger partial charge in [0, 0.05) is 10.7 Å². The van der Waals surface area contributed by atoms with Crippen molar-refractivity contribution in [3.05, 3.63) is 59.1 Å². The first-order valence-corrected chi connectivity index (χ1v) is 8.86. The number of aryl methyl sites for hydroxylation is 1. The highest BCUT2D eigenvalue weighted by Gasteiger charge is 2.16. The zero-order valence-corrected chi connectivity index (χ0v) is 14.4. The topological polar surface area (TPSA) is 67.8 Å². The van der Waals surface area contributed by atoms with E-state index in [9.17, 15) is 9.00 Å². The summed E-state index contributed by atoms with van der Waals surface area (Å²) in [7, 11) is -3.21. The summed E-state index contributed by atoms with van der Waals surface area (Å²) in [6, 6.07) is 13.6. The SMILES string of the molecule is CCOC(=O)N=S(=O)(Nc1ccc(Cl)cc1)c1ccc(C)cc1. The number of benzene rings is 2. The van der Waals surface area contributed by atoms with Crippen molar-refractivity contribution in [1.29, 1.82) is 0 Å². The maximum atomic E-state index is 13.2. The van der Waals surface area contributed by atoms with Gasteiger partial charge in [-0.3, -0.25) is 4.72 Å². The summed E-state index contributed by atoms with van der Waals surface area (Å²) in [5, 5.41) is 0.555. The third-order valence-electron chi connectivity index (χ3n) is 2.91. The Hall–Kier alpha value is -2.05. The van der Waals surface area contributed by atoms with Gasteiger partial charge in [-0.2, -0.15) is 0 Å². The largest absolute Gasteiger partial charge is 0.448 e. The summed E-state index contributed by atoms with van der Waals surface area (Å²) in [5.74, 6) is 0. The molecule has 0 heterocycles. The highest BCUT2D eigenvalue weighted by atomic mass is 35.5. The van der Waals surface area contributed by atoms with Crippen molar-refractivity contribution < 1.29 is 13.7 Å². The van der Waals surface area contributed by atoms with Crippen LogP contribution in [0.15, 0.2) is 57.8 Å². The van der Waals surface area contributed by atoms with E-state index < -0.39 is 16.0 Å². The first kappa shape index (κ1) is 17.3. The van der Waals surface area contributed by atoms with Crippen molar-refractivity contribution >= 4 is 33.3 Å². The van der Waals surface area contributed by atoms with Crippen LogP contribution in [0, 0.1) is 6.92 Å². The molecule has 0 aromatic heterocycles. The monoisotopic (exact) mass is 352 g/mol. The molecular formula is C16H17ClN2O3S. The Labute approximate surface area is 140 Å². The van der Waals surface area contributed by atoms with Gasteiger partial charge >= 0.3 is 6.09 Å². The molecular weight excluding hydrogens is 336 g/mol. The van der Waals surface area contributed by atoms with Gasteiger partial charge in [0.2, 0.25) is 0 Å². The highest BCUT2D eigenvalue weighted by molar-refractivity contribution is 7.95. The minimum absolute atomic E-state index is 0.159. The van der Waals surface area contributed by atoms with E-state index in [0.29, 0.717) is 15.6 Å². The Morgan fingerprint density at radius 1 is 1.17 bits per heavy atom. The van der Waals surface area contributed by atoms with E-state index in [1.807, 2.05) is 6.92 Å². The lowest BCUT2D eigenvalue weighted by molar-refractivity contribution is 0.164. The third-order valence-corrected chi connectivity index (χ3v) is 4.99. The van der Waals surface area contributed by atoms with Crippen LogP contribution in [-0.2, 0) is 14.7 Å². The van der Waals surface area contributed by atoms with Crippen LogP contribution in [0.3, 0.4) is 0 Å². The van der Waals surface area contributed by atoms with E-state index >= 15 is 0 Å². The number of nitrogens with one attached hydrogen (secondary N) is 1. The van der Waals surface area contributed by atoms with Crippen molar-refractivity contribution in [2.24, 2.45) is 4.36 Å². The van der Waals surface area contributed by atoms with Crippen LogP contribution in [0.5, 0.6) is 0 Å². The quantitative estimate of drug-likeness (QED) is 0.870. The van der Waals surface area contributed by atoms with Gasteiger partial charge in [-0.05, 0) is 50.2 Å². The maximum absolute atomic E-state index is 13.2. The average molecular weight is 353 g/mol. The average Bonchev–Trinajstić information content (AvgIpc) is 2.50. The smallest absolute Gasteiger partial charge is 0.443 e. The van der Waals surface area contributed by atoms with Crippen LogP contribution in [0.1, 0.15) is 12.5 Å². The Morgan fingerprint density at radius 2 is 1.78 bits per heavy atom. The Morgan fingerprint density at radius 3 is 2.35 bits per heavy atom. The number of hydrogen-bond donors (Lipinski definition) is 1. The predicted octanol–water partition coefficient (Wildman–Crippen LogP) is 4.66. The van der Waals surface area contributed by atoms with E-state index in [1.165, 1.54) is 0 Å². The molecule has 23 heavy (non-hydrogen) atoms. The van der Waals surface area contributed by atoms with Gasteiger partial charge in [0.05, 0.1) is 11.5 Å². The van der Waals surface area contributed by atoms with Gasteiger partial charge in [-0.25, -0.2) is 9.00 Å². The molecule has 1 unspecified atom stereocenters. The molecule has 0 bridgehead atoms. The molecule has 0 radical (unpaired) electrons. The third kappa shape index (κ3) is 4.71. The lowest BCUT2D eigenvalue weighted by Gasteiger charge is -2.13. The maximum Gasteiger partial charge on any atom is 0.443 e. The molecule has 0 saturated carbocycles. The van der Waals surface area contributed by atoms with E-state index in [0.717, 1.165) is 5.56 Å². The second-order valence-electron chi connectivity index (χ2n) is 4.74. The molecule has 1 N–H and O–H groups in total. The molecule has 1 amide bonds. The van der Waals surface area contributed by atoms with E-state index in [-0.39, 0.29) is 6.61 Å². The lowest BCUT2D eigenvalue weighted by atomic mass is 10.2. The highest BCUT2D eigenvalue weighted by Crippen LogP contribution is 2.21. The van der Waals surface area contributed by atoms with Gasteiger partial charge in [-0.15, -0.1) is 4.36 Å². The first-order chi connectivity index (χ1) is 10.9. The number of ether oxygens (including phenoxy) is 1. The molecule has 2 rings (SSSR count). The standard InChI is InChI=1S/C16H17ClN2O3S/c1-3-22-16(20)19-23(21,15-10-4-12(2)5-11-15)18-14-8-6-13(17)7-9-14/h4-11H,3H2,1-2H3,(H,18,19,20,21). The minimum Gasteiger partial charge on any atom is -0.448 e. The molecule has 2 aromatic rings. The van der Waals surface area contributed by atoms with Gasteiger partial charge in [0.1, 0.15) is 0 Å². The van der Waals surface area contributed by atoms with Crippen LogP contribution in [0.4, 0.5) is 10.5 Å². The molecule has 7 heteroatoms. The van der Waals surface area contributed by atoms with Gasteiger partial charge in [0.15, 0.2) is 9.92 Å². The predicted molar refractivity (Wildman–Crippen MR) is 92.1 cm³/mol. The molecule has 0 spiro atoms. The van der Waals surface area contributed by atoms with Crippen LogP contribution >= 0.6 is 11.6 Å². The summed E-state index contributed by atoms with van der Waals surface area (Å²) in [6.45, 7) is 3.74. The molecule has 0 aliphatic heterocycles. The normalized spacial score (nSPS) is 13.0. The van der Waals surface area contributed by atoms with Crippen molar-refractivity contribution in [3.63, 3.8) is 0 Å². The van der Waals surface area contributed by atoms with E-state index in [1.54, 1.807) is 55.5 Å². The second kappa shape index (κ2) is 7.48. The van der Waals surface area contributed by atoms with Crippen molar-refractivity contribution in [3.8, 4) is 0 Å². The number of anilines is 1. The van der Waals surface area contributed by atoms with Gasteiger partial charge in [-0.1, -0.05) is 29.3 Å². The fraction of sp³-hybridized carbons (Fsp3) is 0.188. The van der Waals surface area contributed by atoms with Crippen LogP contribution < -0.4 is 4.72 Å². The number of rotatable bonds is 4. The second-order valence-corrected chi connectivity index (χ2v) is 7.08. The summed E-state index contributed by atoms with van der Waals surface area (Å²) in [6.07, 6.45) is -0.875. The molecule has 0 saturated heterocycles. The van der Waals surface area contributed by atoms with Crippen molar-refractivity contribution in [1.82, 2.24) is 0 Å². The molecule has 2 aromatic carbocycles. The first-order valence-electron chi connectivity index (χ1n) is 6.97. The minimum atomic E-state index is -3.21. The van der Waals surface area contributed by atoms with E-state index in [4.69, 9.17) is 16.3 Å². The molecule has 5 nitrogen and oxygen atoms in total. The zero-order valence-electron chi connectivity index (χ0n) is 12.8. The summed E-state index contributed by atoms with van der Waals surface area (Å²) < 4.78 is 24.6. The molecule has 0 aliphatic rings. The van der Waals surface area contributed by atoms with Crippen LogP contribution in [0.2, 0.25) is 5.02 Å². The van der Waals surface area contributed by atoms with Crippen molar-refractivity contribution in [2.75, 3.05) is 11.3 Å². The number of nitrogens with zero attached hydrogens (tertiary/aromatic N) is 1. The lowest BCUT2D eigenvalue weighted by Crippen LogP contribution is -2.16. The molecule has 0 aliphatic carbocycles.